The summed E-state index contributed by atoms with van der Waals surface area (Å²) in [6, 6.07) is 21.9. The molecular weight excluding hydrogens is 326 g/mol. The lowest BCUT2D eigenvalue weighted by molar-refractivity contribution is -0.115. The number of fused-ring (bicyclic) bond motifs is 1. The second-order valence-corrected chi connectivity index (χ2v) is 6.19. The number of carbonyl (C=O) groups is 1. The summed E-state index contributed by atoms with van der Waals surface area (Å²) in [6.45, 7) is 1.99. The van der Waals surface area contributed by atoms with Gasteiger partial charge in [-0.1, -0.05) is 65.3 Å². The number of nitrogens with zero attached hydrogens (tertiary/aromatic N) is 2. The Bertz CT molecular complexity index is 1090. The lowest BCUT2D eigenvalue weighted by Crippen LogP contribution is -2.14. The highest BCUT2D eigenvalue weighted by Gasteiger charge is 2.12. The van der Waals surface area contributed by atoms with Crippen LogP contribution in [-0.4, -0.2) is 16.1 Å². The first-order valence-corrected chi connectivity index (χ1v) is 8.35. The predicted molar refractivity (Wildman–Crippen MR) is 101 cm³/mol. The molecule has 0 aliphatic rings. The quantitative estimate of drug-likeness (QED) is 0.597. The molecule has 128 valence electrons. The van der Waals surface area contributed by atoms with Gasteiger partial charge in [0, 0.05) is 5.56 Å². The maximum Gasteiger partial charge on any atom is 0.322 e. The van der Waals surface area contributed by atoms with Gasteiger partial charge in [-0.15, -0.1) is 5.10 Å². The predicted octanol–water partition coefficient (Wildman–Crippen LogP) is 4.38. The van der Waals surface area contributed by atoms with Crippen molar-refractivity contribution in [3.05, 3.63) is 77.9 Å². The third kappa shape index (κ3) is 3.47. The van der Waals surface area contributed by atoms with Crippen molar-refractivity contribution in [3.63, 3.8) is 0 Å². The Kier molecular flexibility index (Phi) is 4.19. The molecule has 0 fully saturated rings. The van der Waals surface area contributed by atoms with Crippen molar-refractivity contribution in [2.75, 3.05) is 5.32 Å². The van der Waals surface area contributed by atoms with E-state index in [1.165, 1.54) is 0 Å². The van der Waals surface area contributed by atoms with E-state index in [1.807, 2.05) is 73.7 Å². The standard InChI is InChI=1S/C21H17N3O2/c1-14-5-4-8-18(11-14)20-23-24-21(26-20)22-19(25)13-15-9-10-16-6-2-3-7-17(16)12-15/h2-12H,13H2,1H3,(H,22,24,25). The Balaban J connectivity index is 1.46. The number of anilines is 1. The van der Waals surface area contributed by atoms with Crippen molar-refractivity contribution in [1.29, 1.82) is 0 Å². The van der Waals surface area contributed by atoms with E-state index in [4.69, 9.17) is 4.42 Å². The van der Waals surface area contributed by atoms with Gasteiger partial charge in [0.15, 0.2) is 0 Å². The van der Waals surface area contributed by atoms with E-state index in [-0.39, 0.29) is 18.3 Å². The molecule has 26 heavy (non-hydrogen) atoms. The Morgan fingerprint density at radius 2 is 1.81 bits per heavy atom. The van der Waals surface area contributed by atoms with Crippen LogP contribution in [0.15, 0.2) is 71.1 Å². The highest BCUT2D eigenvalue weighted by Crippen LogP contribution is 2.21. The molecule has 0 unspecified atom stereocenters. The van der Waals surface area contributed by atoms with Crippen LogP contribution in [0.1, 0.15) is 11.1 Å². The van der Waals surface area contributed by atoms with E-state index in [1.54, 1.807) is 0 Å². The summed E-state index contributed by atoms with van der Waals surface area (Å²) >= 11 is 0. The Hall–Kier alpha value is -3.47. The largest absolute Gasteiger partial charge is 0.403 e. The summed E-state index contributed by atoms with van der Waals surface area (Å²) in [5.74, 6) is 0.189. The molecule has 0 atom stereocenters. The molecule has 0 saturated carbocycles. The summed E-state index contributed by atoms with van der Waals surface area (Å²) in [5, 5.41) is 12.8. The lowest BCUT2D eigenvalue weighted by Gasteiger charge is -2.03. The van der Waals surface area contributed by atoms with Gasteiger partial charge in [-0.05, 0) is 35.4 Å². The number of aryl methyl sites for hydroxylation is 1. The molecule has 5 nitrogen and oxygen atoms in total. The van der Waals surface area contributed by atoms with Crippen molar-refractivity contribution in [3.8, 4) is 11.5 Å². The molecule has 0 radical (unpaired) electrons. The fourth-order valence-electron chi connectivity index (χ4n) is 2.87. The van der Waals surface area contributed by atoms with Crippen molar-refractivity contribution in [2.45, 2.75) is 13.3 Å². The average molecular weight is 343 g/mol. The molecule has 1 aromatic heterocycles. The molecule has 0 aliphatic carbocycles. The van der Waals surface area contributed by atoms with E-state index in [0.717, 1.165) is 27.5 Å². The van der Waals surface area contributed by atoms with E-state index in [2.05, 4.69) is 15.5 Å². The fraction of sp³-hybridized carbons (Fsp3) is 0.0952. The lowest BCUT2D eigenvalue weighted by atomic mass is 10.1. The number of carbonyl (C=O) groups excluding carboxylic acids is 1. The summed E-state index contributed by atoms with van der Waals surface area (Å²) in [7, 11) is 0. The van der Waals surface area contributed by atoms with Crippen molar-refractivity contribution < 1.29 is 9.21 Å². The molecule has 1 amide bonds. The Morgan fingerprint density at radius 1 is 0.962 bits per heavy atom. The molecular formula is C21H17N3O2. The van der Waals surface area contributed by atoms with Crippen molar-refractivity contribution in [2.24, 2.45) is 0 Å². The fourth-order valence-corrected chi connectivity index (χ4v) is 2.87. The molecule has 1 N–H and O–H groups in total. The van der Waals surface area contributed by atoms with Crippen LogP contribution in [0.4, 0.5) is 6.01 Å². The topological polar surface area (TPSA) is 68.0 Å². The molecule has 0 saturated heterocycles. The Labute approximate surface area is 150 Å². The number of rotatable bonds is 4. The van der Waals surface area contributed by atoms with Crippen LogP contribution in [0.25, 0.3) is 22.2 Å². The summed E-state index contributed by atoms with van der Waals surface area (Å²) in [6.07, 6.45) is 0.243. The number of amides is 1. The van der Waals surface area contributed by atoms with Crippen LogP contribution in [0.3, 0.4) is 0 Å². The van der Waals surface area contributed by atoms with Crippen LogP contribution < -0.4 is 5.32 Å². The minimum absolute atomic E-state index is 0.104. The van der Waals surface area contributed by atoms with Crippen molar-refractivity contribution >= 4 is 22.7 Å². The minimum Gasteiger partial charge on any atom is -0.403 e. The second kappa shape index (κ2) is 6.80. The third-order valence-corrected chi connectivity index (χ3v) is 4.11. The molecule has 4 rings (SSSR count). The molecule has 0 aliphatic heterocycles. The first-order valence-electron chi connectivity index (χ1n) is 8.35. The van der Waals surface area contributed by atoms with Crippen molar-refractivity contribution in [1.82, 2.24) is 10.2 Å². The van der Waals surface area contributed by atoms with Gasteiger partial charge in [0.25, 0.3) is 0 Å². The van der Waals surface area contributed by atoms with E-state index in [9.17, 15) is 4.79 Å². The molecule has 4 aromatic rings. The molecule has 0 bridgehead atoms. The first kappa shape index (κ1) is 16.0. The molecule has 3 aromatic carbocycles. The summed E-state index contributed by atoms with van der Waals surface area (Å²) in [4.78, 5) is 12.3. The number of nitrogens with one attached hydrogen (secondary N) is 1. The minimum atomic E-state index is -0.195. The smallest absolute Gasteiger partial charge is 0.322 e. The van der Waals surface area contributed by atoms with Gasteiger partial charge in [0.2, 0.25) is 11.8 Å². The summed E-state index contributed by atoms with van der Waals surface area (Å²) < 4.78 is 5.55. The number of benzene rings is 3. The third-order valence-electron chi connectivity index (χ3n) is 4.11. The van der Waals surface area contributed by atoms with Crippen LogP contribution >= 0.6 is 0 Å². The number of hydrogen-bond donors (Lipinski definition) is 1. The number of hydrogen-bond acceptors (Lipinski definition) is 4. The summed E-state index contributed by atoms with van der Waals surface area (Å²) in [5.41, 5.74) is 2.86. The maximum absolute atomic E-state index is 12.3. The van der Waals surface area contributed by atoms with Gasteiger partial charge in [-0.2, -0.15) is 0 Å². The monoisotopic (exact) mass is 343 g/mol. The van der Waals surface area contributed by atoms with Crippen LogP contribution in [-0.2, 0) is 11.2 Å². The van der Waals surface area contributed by atoms with Gasteiger partial charge in [-0.3, -0.25) is 10.1 Å². The van der Waals surface area contributed by atoms with Crippen LogP contribution in [0, 0.1) is 6.92 Å². The number of aromatic nitrogens is 2. The van der Waals surface area contributed by atoms with Gasteiger partial charge in [0.05, 0.1) is 6.42 Å². The highest BCUT2D eigenvalue weighted by molar-refractivity contribution is 5.91. The molecule has 0 spiro atoms. The highest BCUT2D eigenvalue weighted by atomic mass is 16.4. The van der Waals surface area contributed by atoms with Gasteiger partial charge in [-0.25, -0.2) is 0 Å². The first-order chi connectivity index (χ1) is 12.7. The maximum atomic E-state index is 12.3. The van der Waals surface area contributed by atoms with E-state index < -0.39 is 0 Å². The SMILES string of the molecule is Cc1cccc(-c2nnc(NC(=O)Cc3ccc4ccccc4c3)o2)c1. The van der Waals surface area contributed by atoms with Crippen LogP contribution in [0.5, 0.6) is 0 Å². The second-order valence-electron chi connectivity index (χ2n) is 6.19. The zero-order chi connectivity index (χ0) is 17.9. The van der Waals surface area contributed by atoms with Crippen LogP contribution in [0.2, 0.25) is 0 Å². The average Bonchev–Trinajstić information content (AvgIpc) is 3.10. The Morgan fingerprint density at radius 3 is 2.65 bits per heavy atom. The van der Waals surface area contributed by atoms with Gasteiger partial charge >= 0.3 is 6.01 Å². The zero-order valence-corrected chi connectivity index (χ0v) is 14.3. The van der Waals surface area contributed by atoms with E-state index >= 15 is 0 Å². The van der Waals surface area contributed by atoms with E-state index in [0.29, 0.717) is 5.89 Å². The van der Waals surface area contributed by atoms with Gasteiger partial charge in [0.1, 0.15) is 0 Å². The van der Waals surface area contributed by atoms with Gasteiger partial charge < -0.3 is 4.42 Å². The molecule has 5 heteroatoms. The zero-order valence-electron chi connectivity index (χ0n) is 14.3. The molecule has 1 heterocycles. The normalized spacial score (nSPS) is 10.8.